The SMILES string of the molecule is CC(COC(C)(C)C(C)C)c1ccc(CC(=O)OC(C)(C)C)cc1. The number of carbonyl (C=O) groups is 1. The number of esters is 1. The molecule has 0 fully saturated rings. The van der Waals surface area contributed by atoms with E-state index >= 15 is 0 Å². The Morgan fingerprint density at radius 3 is 2.00 bits per heavy atom. The lowest BCUT2D eigenvalue weighted by atomic mass is 9.94. The molecule has 0 radical (unpaired) electrons. The van der Waals surface area contributed by atoms with E-state index in [-0.39, 0.29) is 11.6 Å². The standard InChI is InChI=1S/C21H34O3/c1-15(2)21(7,8)23-14-16(3)18-11-9-17(10-12-18)13-19(22)24-20(4,5)6/h9-12,15-16H,13-14H2,1-8H3. The van der Waals surface area contributed by atoms with Gasteiger partial charge in [-0.1, -0.05) is 45.0 Å². The van der Waals surface area contributed by atoms with E-state index in [2.05, 4.69) is 46.8 Å². The molecule has 1 atom stereocenters. The minimum atomic E-state index is -0.438. The zero-order valence-electron chi connectivity index (χ0n) is 16.6. The number of hydrogen-bond acceptors (Lipinski definition) is 3. The Kier molecular flexibility index (Phi) is 7.03. The number of rotatable bonds is 7. The second-order valence-electron chi connectivity index (χ2n) is 8.48. The van der Waals surface area contributed by atoms with Gasteiger partial charge >= 0.3 is 5.97 Å². The number of ether oxygens (including phenoxy) is 2. The predicted molar refractivity (Wildman–Crippen MR) is 99.3 cm³/mol. The fourth-order valence-corrected chi connectivity index (χ4v) is 2.11. The van der Waals surface area contributed by atoms with Crippen molar-refractivity contribution < 1.29 is 14.3 Å². The van der Waals surface area contributed by atoms with Gasteiger partial charge in [0.15, 0.2) is 0 Å². The first-order chi connectivity index (χ1) is 10.9. The summed E-state index contributed by atoms with van der Waals surface area (Å²) in [5.74, 6) is 0.602. The van der Waals surface area contributed by atoms with Crippen LogP contribution in [0, 0.1) is 5.92 Å². The minimum absolute atomic E-state index is 0.120. The third-order valence-electron chi connectivity index (χ3n) is 4.41. The van der Waals surface area contributed by atoms with Crippen LogP contribution in [0.3, 0.4) is 0 Å². The molecule has 0 aromatic heterocycles. The third-order valence-corrected chi connectivity index (χ3v) is 4.41. The number of carbonyl (C=O) groups excluding carboxylic acids is 1. The summed E-state index contributed by atoms with van der Waals surface area (Å²) in [7, 11) is 0. The van der Waals surface area contributed by atoms with Crippen LogP contribution in [0.25, 0.3) is 0 Å². The van der Waals surface area contributed by atoms with Gasteiger partial charge < -0.3 is 9.47 Å². The van der Waals surface area contributed by atoms with Crippen LogP contribution in [0.5, 0.6) is 0 Å². The third kappa shape index (κ3) is 7.04. The van der Waals surface area contributed by atoms with Crippen molar-refractivity contribution in [3.8, 4) is 0 Å². The number of hydrogen-bond donors (Lipinski definition) is 0. The van der Waals surface area contributed by atoms with Gasteiger partial charge in [0.1, 0.15) is 5.60 Å². The second-order valence-corrected chi connectivity index (χ2v) is 8.48. The van der Waals surface area contributed by atoms with Gasteiger partial charge in [-0.25, -0.2) is 0 Å². The molecule has 1 aromatic carbocycles. The molecule has 0 aliphatic rings. The maximum Gasteiger partial charge on any atom is 0.310 e. The highest BCUT2D eigenvalue weighted by atomic mass is 16.6. The van der Waals surface area contributed by atoms with E-state index in [9.17, 15) is 4.79 Å². The lowest BCUT2D eigenvalue weighted by molar-refractivity contribution is -0.153. The van der Waals surface area contributed by atoms with Crippen molar-refractivity contribution in [2.24, 2.45) is 5.92 Å². The van der Waals surface area contributed by atoms with Crippen LogP contribution in [0.4, 0.5) is 0 Å². The molecule has 1 unspecified atom stereocenters. The molecule has 0 aliphatic carbocycles. The van der Waals surface area contributed by atoms with Gasteiger partial charge in [0, 0.05) is 5.92 Å². The average Bonchev–Trinajstić information content (AvgIpc) is 2.43. The monoisotopic (exact) mass is 334 g/mol. The van der Waals surface area contributed by atoms with Crippen molar-refractivity contribution in [2.45, 2.75) is 78.9 Å². The Balaban J connectivity index is 2.59. The Bertz CT molecular complexity index is 521. The van der Waals surface area contributed by atoms with E-state index in [0.29, 0.717) is 24.9 Å². The highest BCUT2D eigenvalue weighted by Crippen LogP contribution is 2.24. The van der Waals surface area contributed by atoms with E-state index < -0.39 is 5.60 Å². The quantitative estimate of drug-likeness (QED) is 0.649. The first-order valence-electron chi connectivity index (χ1n) is 8.85. The zero-order valence-corrected chi connectivity index (χ0v) is 16.6. The van der Waals surface area contributed by atoms with Crippen molar-refractivity contribution in [3.05, 3.63) is 35.4 Å². The Labute approximate surface area is 147 Å². The maximum atomic E-state index is 11.9. The van der Waals surface area contributed by atoms with E-state index in [1.54, 1.807) is 0 Å². The first kappa shape index (κ1) is 20.7. The van der Waals surface area contributed by atoms with Crippen molar-refractivity contribution >= 4 is 5.97 Å². The highest BCUT2D eigenvalue weighted by molar-refractivity contribution is 5.73. The summed E-state index contributed by atoms with van der Waals surface area (Å²) in [6.45, 7) is 17.1. The maximum absolute atomic E-state index is 11.9. The summed E-state index contributed by atoms with van der Waals surface area (Å²) in [4.78, 5) is 11.9. The molecule has 3 nitrogen and oxygen atoms in total. The molecule has 0 spiro atoms. The van der Waals surface area contributed by atoms with Crippen LogP contribution >= 0.6 is 0 Å². The highest BCUT2D eigenvalue weighted by Gasteiger charge is 2.24. The summed E-state index contributed by atoms with van der Waals surface area (Å²) in [6.07, 6.45) is 0.308. The zero-order chi connectivity index (χ0) is 18.5. The predicted octanol–water partition coefficient (Wildman–Crippen LogP) is 5.13. The van der Waals surface area contributed by atoms with Gasteiger partial charge in [-0.3, -0.25) is 4.79 Å². The van der Waals surface area contributed by atoms with Gasteiger partial charge in [-0.15, -0.1) is 0 Å². The van der Waals surface area contributed by atoms with Crippen LogP contribution in [-0.2, 0) is 20.7 Å². The largest absolute Gasteiger partial charge is 0.460 e. The summed E-state index contributed by atoms with van der Waals surface area (Å²) in [5.41, 5.74) is 1.64. The van der Waals surface area contributed by atoms with Gasteiger partial charge in [0.05, 0.1) is 18.6 Å². The summed E-state index contributed by atoms with van der Waals surface area (Å²) in [6, 6.07) is 8.17. The normalized spacial score (nSPS) is 13.9. The van der Waals surface area contributed by atoms with Crippen LogP contribution in [0.15, 0.2) is 24.3 Å². The minimum Gasteiger partial charge on any atom is -0.460 e. The van der Waals surface area contributed by atoms with Crippen molar-refractivity contribution in [1.82, 2.24) is 0 Å². The molecule has 1 aromatic rings. The molecular formula is C21H34O3. The lowest BCUT2D eigenvalue weighted by Crippen LogP contribution is -2.32. The first-order valence-corrected chi connectivity index (χ1v) is 8.85. The topological polar surface area (TPSA) is 35.5 Å². The molecule has 24 heavy (non-hydrogen) atoms. The lowest BCUT2D eigenvalue weighted by Gasteiger charge is -2.31. The molecule has 0 aliphatic heterocycles. The summed E-state index contributed by atoms with van der Waals surface area (Å²) < 4.78 is 11.4. The van der Waals surface area contributed by atoms with Gasteiger partial charge in [0.25, 0.3) is 0 Å². The van der Waals surface area contributed by atoms with Crippen molar-refractivity contribution in [3.63, 3.8) is 0 Å². The fraction of sp³-hybridized carbons (Fsp3) is 0.667. The molecule has 0 bridgehead atoms. The Morgan fingerprint density at radius 1 is 1.00 bits per heavy atom. The van der Waals surface area contributed by atoms with Gasteiger partial charge in [-0.2, -0.15) is 0 Å². The average molecular weight is 335 g/mol. The smallest absolute Gasteiger partial charge is 0.310 e. The van der Waals surface area contributed by atoms with E-state index in [1.807, 2.05) is 32.9 Å². The Hall–Kier alpha value is -1.35. The molecular weight excluding hydrogens is 300 g/mol. The molecule has 136 valence electrons. The van der Waals surface area contributed by atoms with Crippen molar-refractivity contribution in [1.29, 1.82) is 0 Å². The fourth-order valence-electron chi connectivity index (χ4n) is 2.11. The molecule has 0 heterocycles. The van der Waals surface area contributed by atoms with E-state index in [1.165, 1.54) is 5.56 Å². The van der Waals surface area contributed by atoms with Crippen molar-refractivity contribution in [2.75, 3.05) is 6.61 Å². The molecule has 0 saturated heterocycles. The molecule has 1 rings (SSSR count). The van der Waals surface area contributed by atoms with Gasteiger partial charge in [0.2, 0.25) is 0 Å². The van der Waals surface area contributed by atoms with Crippen LogP contribution in [0.2, 0.25) is 0 Å². The Morgan fingerprint density at radius 2 is 1.54 bits per heavy atom. The summed E-state index contributed by atoms with van der Waals surface area (Å²) >= 11 is 0. The molecule has 0 saturated carbocycles. The van der Waals surface area contributed by atoms with Crippen LogP contribution in [-0.4, -0.2) is 23.8 Å². The van der Waals surface area contributed by atoms with Gasteiger partial charge in [-0.05, 0) is 51.7 Å². The van der Waals surface area contributed by atoms with Crippen LogP contribution in [0.1, 0.15) is 72.4 Å². The molecule has 0 amide bonds. The molecule has 3 heteroatoms. The number of benzene rings is 1. The van der Waals surface area contributed by atoms with E-state index in [4.69, 9.17) is 9.47 Å². The second kappa shape index (κ2) is 8.15. The van der Waals surface area contributed by atoms with E-state index in [0.717, 1.165) is 5.56 Å². The molecule has 0 N–H and O–H groups in total. The van der Waals surface area contributed by atoms with Crippen LogP contribution < -0.4 is 0 Å². The summed E-state index contributed by atoms with van der Waals surface area (Å²) in [5, 5.41) is 0.